The van der Waals surface area contributed by atoms with Gasteiger partial charge in [-0.25, -0.2) is 18.9 Å². The molecule has 9 nitrogen and oxygen atoms in total. The second-order valence-corrected chi connectivity index (χ2v) is 10.8. The van der Waals surface area contributed by atoms with E-state index in [-0.39, 0.29) is 39.8 Å². The molecule has 0 unspecified atom stereocenters. The molecule has 0 saturated carbocycles. The van der Waals surface area contributed by atoms with Gasteiger partial charge in [0.05, 0.1) is 22.8 Å². The molecule has 1 fully saturated rings. The fourth-order valence-corrected chi connectivity index (χ4v) is 5.21. The first-order valence-corrected chi connectivity index (χ1v) is 14.0. The Labute approximate surface area is 251 Å². The number of carbonyl (C=O) groups is 2. The van der Waals surface area contributed by atoms with E-state index in [1.807, 2.05) is 19.9 Å². The number of ether oxygens (including phenoxy) is 1. The standard InChI is InChI=1S/C28H21ClF4N6O3S/c1-15(2)20-9-4-17(29)12-23(20)39-24(40)13-43-27(39)36-26(41)35-22-10-3-16(11-21(22)30)25-34-14-38(37-25)18-5-7-19(8-6-18)42-28(31,32)33/h3-12,14-15H,13H2,1-2H3,(H,35,41)/b36-27-. The van der Waals surface area contributed by atoms with E-state index in [1.165, 1.54) is 40.2 Å². The van der Waals surface area contributed by atoms with Crippen molar-refractivity contribution in [2.45, 2.75) is 26.1 Å². The van der Waals surface area contributed by atoms with Gasteiger partial charge in [-0.05, 0) is 66.1 Å². The Morgan fingerprint density at radius 3 is 2.53 bits per heavy atom. The van der Waals surface area contributed by atoms with E-state index >= 15 is 0 Å². The molecule has 1 aliphatic heterocycles. The van der Waals surface area contributed by atoms with Crippen molar-refractivity contribution in [1.29, 1.82) is 0 Å². The number of amides is 3. The van der Waals surface area contributed by atoms with Crippen LogP contribution in [0.5, 0.6) is 5.75 Å². The molecule has 43 heavy (non-hydrogen) atoms. The van der Waals surface area contributed by atoms with E-state index in [0.29, 0.717) is 16.4 Å². The summed E-state index contributed by atoms with van der Waals surface area (Å²) < 4.78 is 57.3. The highest BCUT2D eigenvalue weighted by Crippen LogP contribution is 2.35. The summed E-state index contributed by atoms with van der Waals surface area (Å²) in [6.07, 6.45) is -3.50. The summed E-state index contributed by atoms with van der Waals surface area (Å²) >= 11 is 7.26. The first kappa shape index (κ1) is 30.0. The maximum atomic E-state index is 15.0. The lowest BCUT2D eigenvalue weighted by Crippen LogP contribution is -2.31. The van der Waals surface area contributed by atoms with Gasteiger partial charge < -0.3 is 10.1 Å². The monoisotopic (exact) mass is 632 g/mol. The Balaban J connectivity index is 1.31. The minimum absolute atomic E-state index is 0.0626. The minimum Gasteiger partial charge on any atom is -0.406 e. The van der Waals surface area contributed by atoms with E-state index in [2.05, 4.69) is 25.1 Å². The van der Waals surface area contributed by atoms with Gasteiger partial charge in [0, 0.05) is 10.6 Å². The first-order valence-electron chi connectivity index (χ1n) is 12.6. The van der Waals surface area contributed by atoms with E-state index < -0.39 is 24.0 Å². The lowest BCUT2D eigenvalue weighted by atomic mass is 10.0. The number of halogens is 5. The summed E-state index contributed by atoms with van der Waals surface area (Å²) in [4.78, 5) is 35.0. The number of nitrogens with zero attached hydrogens (tertiary/aromatic N) is 5. The maximum Gasteiger partial charge on any atom is 0.573 e. The van der Waals surface area contributed by atoms with E-state index in [9.17, 15) is 27.2 Å². The Morgan fingerprint density at radius 2 is 1.86 bits per heavy atom. The number of rotatable bonds is 6. The van der Waals surface area contributed by atoms with Gasteiger partial charge in [0.2, 0.25) is 5.91 Å². The highest BCUT2D eigenvalue weighted by molar-refractivity contribution is 8.15. The molecule has 0 atom stereocenters. The van der Waals surface area contributed by atoms with Crippen molar-refractivity contribution < 1.29 is 31.9 Å². The molecule has 5 rings (SSSR count). The summed E-state index contributed by atoms with van der Waals surface area (Å²) in [5.74, 6) is -1.19. The number of aliphatic imine (C=N–C) groups is 1. The van der Waals surface area contributed by atoms with Crippen LogP contribution in [-0.2, 0) is 4.79 Å². The van der Waals surface area contributed by atoms with Crippen molar-refractivity contribution in [2.24, 2.45) is 4.99 Å². The molecule has 1 N–H and O–H groups in total. The second-order valence-electron chi connectivity index (χ2n) is 9.45. The Morgan fingerprint density at radius 1 is 1.12 bits per heavy atom. The average Bonchev–Trinajstić information content (AvgIpc) is 3.56. The molecule has 222 valence electrons. The number of hydrogen-bond acceptors (Lipinski definition) is 6. The third-order valence-electron chi connectivity index (χ3n) is 6.11. The molecule has 15 heteroatoms. The summed E-state index contributed by atoms with van der Waals surface area (Å²) in [5.41, 5.74) is 1.88. The lowest BCUT2D eigenvalue weighted by Gasteiger charge is -2.21. The lowest BCUT2D eigenvalue weighted by molar-refractivity contribution is -0.274. The van der Waals surface area contributed by atoms with Gasteiger partial charge >= 0.3 is 12.4 Å². The predicted molar refractivity (Wildman–Crippen MR) is 155 cm³/mol. The van der Waals surface area contributed by atoms with Crippen molar-refractivity contribution >= 4 is 51.8 Å². The Hall–Kier alpha value is -4.43. The zero-order valence-corrected chi connectivity index (χ0v) is 24.0. The second kappa shape index (κ2) is 12.1. The molecule has 0 spiro atoms. The van der Waals surface area contributed by atoms with Gasteiger partial charge in [-0.15, -0.1) is 18.3 Å². The summed E-state index contributed by atoms with van der Waals surface area (Å²) in [5, 5.41) is 7.18. The quantitative estimate of drug-likeness (QED) is 0.222. The molecular formula is C28H21ClF4N6O3S. The SMILES string of the molecule is CC(C)c1ccc(Cl)cc1N1C(=O)CS/C1=N\C(=O)Nc1ccc(-c2ncn(-c3ccc(OC(F)(F)F)cc3)n2)cc1F. The molecule has 1 aliphatic rings. The number of urea groups is 1. The number of nitrogens with one attached hydrogen (secondary N) is 1. The van der Waals surface area contributed by atoms with Gasteiger partial charge in [-0.1, -0.05) is 43.3 Å². The van der Waals surface area contributed by atoms with Crippen molar-refractivity contribution in [1.82, 2.24) is 14.8 Å². The fraction of sp³-hybridized carbons (Fsp3) is 0.179. The normalized spacial score (nSPS) is 14.6. The minimum atomic E-state index is -4.81. The van der Waals surface area contributed by atoms with E-state index in [4.69, 9.17) is 11.6 Å². The highest BCUT2D eigenvalue weighted by atomic mass is 35.5. The molecule has 1 aromatic heterocycles. The van der Waals surface area contributed by atoms with Crippen molar-refractivity contribution in [2.75, 3.05) is 16.0 Å². The maximum absolute atomic E-state index is 15.0. The van der Waals surface area contributed by atoms with Crippen LogP contribution in [0.15, 0.2) is 72.0 Å². The Bertz CT molecular complexity index is 1730. The molecule has 0 radical (unpaired) electrons. The number of hydrogen-bond donors (Lipinski definition) is 1. The van der Waals surface area contributed by atoms with Gasteiger partial charge in [0.15, 0.2) is 11.0 Å². The molecule has 4 aromatic rings. The molecule has 3 amide bonds. The van der Waals surface area contributed by atoms with E-state index in [1.54, 1.807) is 12.1 Å². The highest BCUT2D eigenvalue weighted by Gasteiger charge is 2.33. The van der Waals surface area contributed by atoms with Crippen molar-refractivity contribution in [3.63, 3.8) is 0 Å². The predicted octanol–water partition coefficient (Wildman–Crippen LogP) is 7.42. The van der Waals surface area contributed by atoms with Crippen LogP contribution in [0.25, 0.3) is 17.1 Å². The average molecular weight is 633 g/mol. The third kappa shape index (κ3) is 6.97. The van der Waals surface area contributed by atoms with Gasteiger partial charge in [0.1, 0.15) is 17.9 Å². The number of amidine groups is 1. The van der Waals surface area contributed by atoms with Gasteiger partial charge in [-0.3, -0.25) is 9.69 Å². The zero-order chi connectivity index (χ0) is 30.9. The van der Waals surface area contributed by atoms with Crippen LogP contribution in [0.3, 0.4) is 0 Å². The van der Waals surface area contributed by atoms with Crippen LogP contribution in [0.4, 0.5) is 33.7 Å². The molecular weight excluding hydrogens is 612 g/mol. The largest absolute Gasteiger partial charge is 0.573 e. The van der Waals surface area contributed by atoms with Crippen molar-refractivity contribution in [3.8, 4) is 22.8 Å². The van der Waals surface area contributed by atoms with Crippen LogP contribution in [0.2, 0.25) is 5.02 Å². The fourth-order valence-electron chi connectivity index (χ4n) is 4.19. The summed E-state index contributed by atoms with van der Waals surface area (Å²) in [7, 11) is 0. The number of aromatic nitrogens is 3. The topological polar surface area (TPSA) is 102 Å². The molecule has 0 bridgehead atoms. The molecule has 2 heterocycles. The third-order valence-corrected chi connectivity index (χ3v) is 7.27. The zero-order valence-electron chi connectivity index (χ0n) is 22.4. The number of anilines is 2. The van der Waals surface area contributed by atoms with Crippen LogP contribution in [-0.4, -0.2) is 44.0 Å². The van der Waals surface area contributed by atoms with E-state index in [0.717, 1.165) is 35.5 Å². The molecule has 0 aliphatic carbocycles. The van der Waals surface area contributed by atoms with Crippen LogP contribution >= 0.6 is 23.4 Å². The number of alkyl halides is 3. The van der Waals surface area contributed by atoms with Crippen molar-refractivity contribution in [3.05, 3.63) is 83.4 Å². The van der Waals surface area contributed by atoms with Crippen LogP contribution in [0.1, 0.15) is 25.3 Å². The van der Waals surface area contributed by atoms with Gasteiger partial charge in [0.25, 0.3) is 0 Å². The van der Waals surface area contributed by atoms with Gasteiger partial charge in [-0.2, -0.15) is 4.99 Å². The van der Waals surface area contributed by atoms with Crippen LogP contribution in [0, 0.1) is 5.82 Å². The number of thioether (sulfide) groups is 1. The summed E-state index contributed by atoms with van der Waals surface area (Å²) in [6, 6.07) is 13.2. The first-order chi connectivity index (χ1) is 20.4. The number of carbonyl (C=O) groups excluding carboxylic acids is 2. The summed E-state index contributed by atoms with van der Waals surface area (Å²) in [6.45, 7) is 3.93. The number of benzene rings is 3. The molecule has 3 aromatic carbocycles. The smallest absolute Gasteiger partial charge is 0.406 e. The Kier molecular flexibility index (Phi) is 8.42. The van der Waals surface area contributed by atoms with Crippen LogP contribution < -0.4 is 15.0 Å². The molecule has 1 saturated heterocycles.